The molecular weight excluding hydrogens is 381 g/mol. The van der Waals surface area contributed by atoms with Crippen LogP contribution in [0, 0.1) is 12.7 Å². The van der Waals surface area contributed by atoms with Gasteiger partial charge in [-0.3, -0.25) is 4.79 Å². The van der Waals surface area contributed by atoms with Crippen LogP contribution in [0.5, 0.6) is 0 Å². The minimum atomic E-state index is -0.631. The summed E-state index contributed by atoms with van der Waals surface area (Å²) in [5, 5.41) is 2.93. The highest BCUT2D eigenvalue weighted by molar-refractivity contribution is 5.91. The number of halogens is 1. The van der Waals surface area contributed by atoms with E-state index in [4.69, 9.17) is 0 Å². The molecule has 1 heterocycles. The lowest BCUT2D eigenvalue weighted by molar-refractivity contribution is -0.138. The van der Waals surface area contributed by atoms with E-state index in [1.165, 1.54) is 12.1 Å². The summed E-state index contributed by atoms with van der Waals surface area (Å²) < 4.78 is 13.9. The molecular formula is C24H28FN3O2. The van der Waals surface area contributed by atoms with Crippen molar-refractivity contribution in [3.8, 4) is 0 Å². The van der Waals surface area contributed by atoms with Crippen molar-refractivity contribution < 1.29 is 14.0 Å². The zero-order valence-corrected chi connectivity index (χ0v) is 17.4. The first-order valence-corrected chi connectivity index (χ1v) is 10.7. The second-order valence-electron chi connectivity index (χ2n) is 8.38. The maximum Gasteiger partial charge on any atom is 0.321 e. The highest BCUT2D eigenvalue weighted by Gasteiger charge is 2.45. The highest BCUT2D eigenvalue weighted by Crippen LogP contribution is 2.43. The van der Waals surface area contributed by atoms with E-state index in [-0.39, 0.29) is 17.8 Å². The topological polar surface area (TPSA) is 52.7 Å². The number of urea groups is 1. The number of piperazine rings is 1. The zero-order chi connectivity index (χ0) is 21.1. The third kappa shape index (κ3) is 4.04. The van der Waals surface area contributed by atoms with Crippen molar-refractivity contribution in [1.82, 2.24) is 9.80 Å². The van der Waals surface area contributed by atoms with E-state index >= 15 is 0 Å². The SMILES string of the molecule is Cc1cccc(NC(=O)N2CCN(C(=O)C3(c4cccc(F)c4)CCCC3)CC2)c1. The minimum absolute atomic E-state index is 0.0735. The fourth-order valence-corrected chi connectivity index (χ4v) is 4.73. The van der Waals surface area contributed by atoms with Crippen LogP contribution in [0.25, 0.3) is 0 Å². The van der Waals surface area contributed by atoms with E-state index in [0.29, 0.717) is 26.2 Å². The summed E-state index contributed by atoms with van der Waals surface area (Å²) in [6, 6.07) is 14.0. The number of hydrogen-bond acceptors (Lipinski definition) is 2. The van der Waals surface area contributed by atoms with Gasteiger partial charge in [0.05, 0.1) is 5.41 Å². The van der Waals surface area contributed by atoms with Crippen molar-refractivity contribution in [3.05, 3.63) is 65.5 Å². The van der Waals surface area contributed by atoms with Crippen LogP contribution in [0.15, 0.2) is 48.5 Å². The van der Waals surface area contributed by atoms with Crippen LogP contribution in [0.2, 0.25) is 0 Å². The normalized spacial score (nSPS) is 18.3. The molecule has 0 radical (unpaired) electrons. The quantitative estimate of drug-likeness (QED) is 0.821. The lowest BCUT2D eigenvalue weighted by atomic mass is 9.77. The van der Waals surface area contributed by atoms with E-state index < -0.39 is 5.41 Å². The number of nitrogens with zero attached hydrogens (tertiary/aromatic N) is 2. The Bertz CT molecular complexity index is 932. The lowest BCUT2D eigenvalue weighted by Crippen LogP contribution is -2.55. The number of carbonyl (C=O) groups is 2. The summed E-state index contributed by atoms with van der Waals surface area (Å²) in [5.41, 5.74) is 2.01. The van der Waals surface area contributed by atoms with Gasteiger partial charge in [0.15, 0.2) is 0 Å². The molecule has 2 fully saturated rings. The van der Waals surface area contributed by atoms with Gasteiger partial charge in [-0.2, -0.15) is 0 Å². The number of benzene rings is 2. The average molecular weight is 410 g/mol. The van der Waals surface area contributed by atoms with Crippen LogP contribution in [-0.2, 0) is 10.2 Å². The molecule has 0 bridgehead atoms. The zero-order valence-electron chi connectivity index (χ0n) is 17.4. The van der Waals surface area contributed by atoms with E-state index in [9.17, 15) is 14.0 Å². The van der Waals surface area contributed by atoms with Crippen molar-refractivity contribution in [2.24, 2.45) is 0 Å². The van der Waals surface area contributed by atoms with Crippen molar-refractivity contribution in [1.29, 1.82) is 0 Å². The highest BCUT2D eigenvalue weighted by atomic mass is 19.1. The molecule has 1 aliphatic carbocycles. The number of aryl methyl sites for hydroxylation is 1. The van der Waals surface area contributed by atoms with Gasteiger partial charge in [-0.1, -0.05) is 37.1 Å². The minimum Gasteiger partial charge on any atom is -0.338 e. The summed E-state index contributed by atoms with van der Waals surface area (Å²) >= 11 is 0. The van der Waals surface area contributed by atoms with E-state index in [1.807, 2.05) is 42.2 Å². The van der Waals surface area contributed by atoms with Crippen molar-refractivity contribution in [2.75, 3.05) is 31.5 Å². The van der Waals surface area contributed by atoms with Crippen LogP contribution >= 0.6 is 0 Å². The Morgan fingerprint density at radius 1 is 0.933 bits per heavy atom. The van der Waals surface area contributed by atoms with Gasteiger partial charge in [0.1, 0.15) is 5.82 Å². The van der Waals surface area contributed by atoms with Gasteiger partial charge in [0.25, 0.3) is 0 Å². The Labute approximate surface area is 176 Å². The molecule has 1 aliphatic heterocycles. The first-order chi connectivity index (χ1) is 14.5. The van der Waals surface area contributed by atoms with Gasteiger partial charge in [-0.15, -0.1) is 0 Å². The predicted molar refractivity (Wildman–Crippen MR) is 115 cm³/mol. The smallest absolute Gasteiger partial charge is 0.321 e. The largest absolute Gasteiger partial charge is 0.338 e. The fraction of sp³-hybridized carbons (Fsp3) is 0.417. The second-order valence-corrected chi connectivity index (χ2v) is 8.38. The molecule has 0 unspecified atom stereocenters. The number of amides is 3. The Morgan fingerprint density at radius 2 is 1.60 bits per heavy atom. The maximum absolute atomic E-state index is 13.9. The molecule has 6 heteroatoms. The van der Waals surface area contributed by atoms with E-state index in [1.54, 1.807) is 11.0 Å². The Balaban J connectivity index is 1.41. The molecule has 1 saturated carbocycles. The maximum atomic E-state index is 13.9. The standard InChI is InChI=1S/C24H28FN3O2/c1-18-6-4-9-21(16-18)26-23(30)28-14-12-27(13-15-28)22(29)24(10-2-3-11-24)19-7-5-8-20(25)17-19/h4-9,16-17H,2-3,10-15H2,1H3,(H,26,30). The fourth-order valence-electron chi connectivity index (χ4n) is 4.73. The van der Waals surface area contributed by atoms with Gasteiger partial charge in [-0.05, 0) is 55.2 Å². The lowest BCUT2D eigenvalue weighted by Gasteiger charge is -2.40. The average Bonchev–Trinajstić information content (AvgIpc) is 3.24. The van der Waals surface area contributed by atoms with Crippen LogP contribution < -0.4 is 5.32 Å². The summed E-state index contributed by atoms with van der Waals surface area (Å²) in [4.78, 5) is 29.7. The molecule has 5 nitrogen and oxygen atoms in total. The van der Waals surface area contributed by atoms with E-state index in [0.717, 1.165) is 42.5 Å². The van der Waals surface area contributed by atoms with Gasteiger partial charge in [0.2, 0.25) is 5.91 Å². The molecule has 0 aromatic heterocycles. The molecule has 0 atom stereocenters. The number of hydrogen-bond donors (Lipinski definition) is 1. The third-order valence-corrected chi connectivity index (χ3v) is 6.37. The Kier molecular flexibility index (Phi) is 5.75. The first kappa shape index (κ1) is 20.4. The number of nitrogens with one attached hydrogen (secondary N) is 1. The molecule has 30 heavy (non-hydrogen) atoms. The van der Waals surface area contributed by atoms with Crippen LogP contribution in [0.4, 0.5) is 14.9 Å². The summed E-state index contributed by atoms with van der Waals surface area (Å²) in [6.07, 6.45) is 3.45. The molecule has 2 aromatic carbocycles. The van der Waals surface area contributed by atoms with Gasteiger partial charge >= 0.3 is 6.03 Å². The molecule has 1 N–H and O–H groups in total. The van der Waals surface area contributed by atoms with Crippen molar-refractivity contribution >= 4 is 17.6 Å². The molecule has 1 saturated heterocycles. The van der Waals surface area contributed by atoms with Gasteiger partial charge in [-0.25, -0.2) is 9.18 Å². The van der Waals surface area contributed by atoms with Gasteiger partial charge < -0.3 is 15.1 Å². The molecule has 4 rings (SSSR count). The van der Waals surface area contributed by atoms with Crippen molar-refractivity contribution in [2.45, 2.75) is 38.0 Å². The van der Waals surface area contributed by atoms with Crippen molar-refractivity contribution in [3.63, 3.8) is 0 Å². The van der Waals surface area contributed by atoms with Crippen LogP contribution in [0.1, 0.15) is 36.8 Å². The van der Waals surface area contributed by atoms with Crippen LogP contribution in [-0.4, -0.2) is 47.9 Å². The number of rotatable bonds is 3. The number of carbonyl (C=O) groups excluding carboxylic acids is 2. The Morgan fingerprint density at radius 3 is 2.27 bits per heavy atom. The molecule has 3 amide bonds. The molecule has 158 valence electrons. The molecule has 2 aromatic rings. The van der Waals surface area contributed by atoms with Crippen LogP contribution in [0.3, 0.4) is 0 Å². The van der Waals surface area contributed by atoms with Gasteiger partial charge in [0, 0.05) is 31.9 Å². The summed E-state index contributed by atoms with van der Waals surface area (Å²) in [6.45, 7) is 3.96. The Hall–Kier alpha value is -2.89. The van der Waals surface area contributed by atoms with E-state index in [2.05, 4.69) is 5.32 Å². The summed E-state index contributed by atoms with van der Waals surface area (Å²) in [7, 11) is 0. The second kappa shape index (κ2) is 8.46. The first-order valence-electron chi connectivity index (χ1n) is 10.7. The third-order valence-electron chi connectivity index (χ3n) is 6.37. The monoisotopic (exact) mass is 409 g/mol. The number of anilines is 1. The molecule has 0 spiro atoms. The predicted octanol–water partition coefficient (Wildman–Crippen LogP) is 4.32. The molecule has 2 aliphatic rings. The summed E-state index contributed by atoms with van der Waals surface area (Å²) in [5.74, 6) is -0.228.